The zero-order valence-corrected chi connectivity index (χ0v) is 14.3. The van der Waals surface area contributed by atoms with Gasteiger partial charge >= 0.3 is 0 Å². The van der Waals surface area contributed by atoms with E-state index in [1.807, 2.05) is 18.4 Å². The van der Waals surface area contributed by atoms with Crippen molar-refractivity contribution in [2.75, 3.05) is 12.0 Å². The summed E-state index contributed by atoms with van der Waals surface area (Å²) in [5, 5.41) is 5.81. The second kappa shape index (κ2) is 7.84. The van der Waals surface area contributed by atoms with E-state index in [0.717, 1.165) is 23.1 Å². The molecule has 0 spiro atoms. The van der Waals surface area contributed by atoms with Gasteiger partial charge in [0, 0.05) is 10.5 Å². The predicted octanol–water partition coefficient (Wildman–Crippen LogP) is 2.58. The van der Waals surface area contributed by atoms with E-state index in [4.69, 9.17) is 0 Å². The molecule has 2 N–H and O–H groups in total. The molecule has 0 saturated heterocycles. The van der Waals surface area contributed by atoms with Gasteiger partial charge in [-0.05, 0) is 59.3 Å². The van der Waals surface area contributed by atoms with E-state index in [9.17, 15) is 9.59 Å². The van der Waals surface area contributed by atoms with Gasteiger partial charge in [-0.15, -0.1) is 0 Å². The maximum atomic E-state index is 12.3. The highest BCUT2D eigenvalue weighted by molar-refractivity contribution is 9.10. The van der Waals surface area contributed by atoms with Gasteiger partial charge in [-0.2, -0.15) is 11.8 Å². The van der Waals surface area contributed by atoms with Crippen LogP contribution in [0.5, 0.6) is 0 Å². The van der Waals surface area contributed by atoms with Gasteiger partial charge in [-0.1, -0.05) is 12.1 Å². The first-order valence-electron chi connectivity index (χ1n) is 6.96. The van der Waals surface area contributed by atoms with Crippen LogP contribution in [0.2, 0.25) is 0 Å². The molecule has 1 fully saturated rings. The Hall–Kier alpha value is -1.01. The van der Waals surface area contributed by atoms with Crippen molar-refractivity contribution in [3.63, 3.8) is 0 Å². The zero-order chi connectivity index (χ0) is 15.2. The maximum absolute atomic E-state index is 12.3. The number of amides is 2. The van der Waals surface area contributed by atoms with Crippen molar-refractivity contribution in [3.8, 4) is 0 Å². The van der Waals surface area contributed by atoms with Crippen molar-refractivity contribution in [2.45, 2.75) is 31.3 Å². The molecule has 21 heavy (non-hydrogen) atoms. The Kier molecular flexibility index (Phi) is 6.11. The first-order valence-corrected chi connectivity index (χ1v) is 9.15. The standard InChI is InChI=1S/C15H19BrN2O2S/c1-21-9-8-13(15(20)17-10-6-7-10)18-14(19)11-4-2-3-5-12(11)16/h2-5,10,13H,6-9H2,1H3,(H,17,20)(H,18,19). The molecule has 1 saturated carbocycles. The van der Waals surface area contributed by atoms with Gasteiger partial charge in [-0.25, -0.2) is 0 Å². The smallest absolute Gasteiger partial charge is 0.253 e. The number of carbonyl (C=O) groups excluding carboxylic acids is 2. The van der Waals surface area contributed by atoms with Gasteiger partial charge in [0.2, 0.25) is 5.91 Å². The van der Waals surface area contributed by atoms with Crippen molar-refractivity contribution < 1.29 is 9.59 Å². The van der Waals surface area contributed by atoms with E-state index in [0.29, 0.717) is 18.0 Å². The summed E-state index contributed by atoms with van der Waals surface area (Å²) >= 11 is 5.03. The quantitative estimate of drug-likeness (QED) is 0.775. The Balaban J connectivity index is 2.01. The number of rotatable bonds is 7. The second-order valence-electron chi connectivity index (χ2n) is 5.07. The van der Waals surface area contributed by atoms with Crippen LogP contribution in [-0.2, 0) is 4.79 Å². The second-order valence-corrected chi connectivity index (χ2v) is 6.91. The lowest BCUT2D eigenvalue weighted by Gasteiger charge is -2.18. The number of hydrogen-bond donors (Lipinski definition) is 2. The van der Waals surface area contributed by atoms with Gasteiger partial charge in [-0.3, -0.25) is 9.59 Å². The molecule has 1 aliphatic rings. The summed E-state index contributed by atoms with van der Waals surface area (Å²) in [6.07, 6.45) is 4.71. The molecular weight excluding hydrogens is 352 g/mol. The van der Waals surface area contributed by atoms with Crippen LogP contribution in [0.1, 0.15) is 29.6 Å². The predicted molar refractivity (Wildman–Crippen MR) is 89.6 cm³/mol. The molecule has 1 atom stereocenters. The molecule has 1 unspecified atom stereocenters. The molecule has 0 bridgehead atoms. The van der Waals surface area contributed by atoms with Crippen molar-refractivity contribution in [2.24, 2.45) is 0 Å². The van der Waals surface area contributed by atoms with E-state index >= 15 is 0 Å². The minimum absolute atomic E-state index is 0.0769. The first kappa shape index (κ1) is 16.4. The largest absolute Gasteiger partial charge is 0.352 e. The van der Waals surface area contributed by atoms with Crippen molar-refractivity contribution in [1.82, 2.24) is 10.6 Å². The fraction of sp³-hybridized carbons (Fsp3) is 0.467. The lowest BCUT2D eigenvalue weighted by Crippen LogP contribution is -2.47. The van der Waals surface area contributed by atoms with Crippen molar-refractivity contribution in [1.29, 1.82) is 0 Å². The molecule has 4 nitrogen and oxygen atoms in total. The number of nitrogens with one attached hydrogen (secondary N) is 2. The summed E-state index contributed by atoms with van der Waals surface area (Å²) in [4.78, 5) is 24.5. The van der Waals surface area contributed by atoms with E-state index in [1.165, 1.54) is 0 Å². The summed E-state index contributed by atoms with van der Waals surface area (Å²) in [5.41, 5.74) is 0.547. The van der Waals surface area contributed by atoms with E-state index in [1.54, 1.807) is 23.9 Å². The summed E-state index contributed by atoms with van der Waals surface area (Å²) < 4.78 is 0.730. The third-order valence-electron chi connectivity index (χ3n) is 3.27. The van der Waals surface area contributed by atoms with Crippen molar-refractivity contribution in [3.05, 3.63) is 34.3 Å². The average Bonchev–Trinajstić information content (AvgIpc) is 3.27. The summed E-state index contributed by atoms with van der Waals surface area (Å²) in [6.45, 7) is 0. The Labute approximate surface area is 137 Å². The Bertz CT molecular complexity index is 520. The van der Waals surface area contributed by atoms with Crippen molar-refractivity contribution >= 4 is 39.5 Å². The first-order chi connectivity index (χ1) is 10.1. The summed E-state index contributed by atoms with van der Waals surface area (Å²) in [6, 6.07) is 7.04. The number of halogens is 1. The van der Waals surface area contributed by atoms with Gasteiger partial charge in [0.05, 0.1) is 5.56 Å². The molecule has 1 aromatic rings. The average molecular weight is 371 g/mol. The normalized spacial score (nSPS) is 15.3. The molecule has 6 heteroatoms. The van der Waals surface area contributed by atoms with Crippen LogP contribution >= 0.6 is 27.7 Å². The molecule has 0 heterocycles. The minimum atomic E-state index is -0.474. The Morgan fingerprint density at radius 1 is 1.38 bits per heavy atom. The Morgan fingerprint density at radius 2 is 2.10 bits per heavy atom. The summed E-state index contributed by atoms with van der Waals surface area (Å²) in [7, 11) is 0. The SMILES string of the molecule is CSCCC(NC(=O)c1ccccc1Br)C(=O)NC1CC1. The topological polar surface area (TPSA) is 58.2 Å². The van der Waals surface area contributed by atoms with Crippen LogP contribution in [0.15, 0.2) is 28.7 Å². The molecule has 0 aliphatic heterocycles. The fourth-order valence-electron chi connectivity index (χ4n) is 1.92. The Morgan fingerprint density at radius 3 is 2.71 bits per heavy atom. The number of hydrogen-bond acceptors (Lipinski definition) is 3. The number of thioether (sulfide) groups is 1. The molecule has 2 rings (SSSR count). The lowest BCUT2D eigenvalue weighted by atomic mass is 10.1. The minimum Gasteiger partial charge on any atom is -0.352 e. The number of carbonyl (C=O) groups is 2. The van der Waals surface area contributed by atoms with Gasteiger partial charge in [0.1, 0.15) is 6.04 Å². The molecule has 1 aliphatic carbocycles. The zero-order valence-electron chi connectivity index (χ0n) is 11.9. The van der Waals surface area contributed by atoms with Crippen LogP contribution < -0.4 is 10.6 Å². The monoisotopic (exact) mass is 370 g/mol. The molecule has 1 aromatic carbocycles. The molecule has 0 radical (unpaired) electrons. The van der Waals surface area contributed by atoms with E-state index in [-0.39, 0.29) is 11.8 Å². The van der Waals surface area contributed by atoms with Gasteiger partial charge in [0.25, 0.3) is 5.91 Å². The summed E-state index contributed by atoms with van der Waals surface area (Å²) in [5.74, 6) is 0.533. The number of benzene rings is 1. The highest BCUT2D eigenvalue weighted by Gasteiger charge is 2.28. The van der Waals surface area contributed by atoms with Gasteiger partial charge in [0.15, 0.2) is 0 Å². The van der Waals surface area contributed by atoms with Gasteiger partial charge < -0.3 is 10.6 Å². The van der Waals surface area contributed by atoms with E-state index < -0.39 is 6.04 Å². The van der Waals surface area contributed by atoms with Crippen LogP contribution in [0, 0.1) is 0 Å². The van der Waals surface area contributed by atoms with Crippen LogP contribution in [0.4, 0.5) is 0 Å². The maximum Gasteiger partial charge on any atom is 0.253 e. The third-order valence-corrected chi connectivity index (χ3v) is 4.61. The highest BCUT2D eigenvalue weighted by Crippen LogP contribution is 2.19. The molecule has 114 valence electrons. The molecule has 2 amide bonds. The molecular formula is C15H19BrN2O2S. The molecule has 0 aromatic heterocycles. The fourth-order valence-corrected chi connectivity index (χ4v) is 2.85. The lowest BCUT2D eigenvalue weighted by molar-refractivity contribution is -0.123. The van der Waals surface area contributed by atoms with Crippen LogP contribution in [0.3, 0.4) is 0 Å². The van der Waals surface area contributed by atoms with Crippen LogP contribution in [-0.4, -0.2) is 35.9 Å². The third kappa shape index (κ3) is 5.04. The van der Waals surface area contributed by atoms with E-state index in [2.05, 4.69) is 26.6 Å². The van der Waals surface area contributed by atoms with Crippen LogP contribution in [0.25, 0.3) is 0 Å². The highest BCUT2D eigenvalue weighted by atomic mass is 79.9.